The van der Waals surface area contributed by atoms with Crippen LogP contribution in [0.4, 0.5) is 0 Å². The monoisotopic (exact) mass is 340 g/mol. The van der Waals surface area contributed by atoms with E-state index in [1.165, 1.54) is 0 Å². The lowest BCUT2D eigenvalue weighted by atomic mass is 9.96. The van der Waals surface area contributed by atoms with E-state index in [0.717, 1.165) is 5.56 Å². The molecule has 3 N–H and O–H groups in total. The molecule has 5 nitrogen and oxygen atoms in total. The zero-order valence-corrected chi connectivity index (χ0v) is 14.6. The third-order valence-corrected chi connectivity index (χ3v) is 3.59. The molecular formula is C17H25ClN2O3. The molecule has 2 amide bonds. The van der Waals surface area contributed by atoms with Crippen molar-refractivity contribution < 1.29 is 14.7 Å². The van der Waals surface area contributed by atoms with Crippen LogP contribution in [0, 0.1) is 5.41 Å². The normalized spacial score (nSPS) is 12.6. The predicted octanol–water partition coefficient (Wildman–Crippen LogP) is 2.43. The first-order chi connectivity index (χ1) is 10.7. The average Bonchev–Trinajstić information content (AvgIpc) is 2.49. The van der Waals surface area contributed by atoms with Crippen LogP contribution in [0.1, 0.15) is 45.2 Å². The fourth-order valence-electron chi connectivity index (χ4n) is 1.91. The number of halogens is 1. The van der Waals surface area contributed by atoms with E-state index in [1.54, 1.807) is 24.3 Å². The molecule has 0 aliphatic rings. The number of hydrogen-bond acceptors (Lipinski definition) is 3. The number of aliphatic hydroxyl groups excluding tert-OH is 1. The number of amides is 2. The van der Waals surface area contributed by atoms with E-state index in [2.05, 4.69) is 10.6 Å². The van der Waals surface area contributed by atoms with Gasteiger partial charge in [-0.15, -0.1) is 0 Å². The third-order valence-electron chi connectivity index (χ3n) is 3.34. The van der Waals surface area contributed by atoms with Gasteiger partial charge in [0.15, 0.2) is 0 Å². The Labute approximate surface area is 142 Å². The fourth-order valence-corrected chi connectivity index (χ4v) is 2.04. The minimum absolute atomic E-state index is 0.0349. The summed E-state index contributed by atoms with van der Waals surface area (Å²) in [5, 5.41) is 15.6. The van der Waals surface area contributed by atoms with E-state index < -0.39 is 11.5 Å². The Bertz CT molecular complexity index is 524. The predicted molar refractivity (Wildman–Crippen MR) is 91.1 cm³/mol. The molecule has 1 aromatic rings. The molecule has 6 heteroatoms. The molecule has 1 atom stereocenters. The van der Waals surface area contributed by atoms with E-state index in [9.17, 15) is 14.7 Å². The van der Waals surface area contributed by atoms with Gasteiger partial charge < -0.3 is 15.7 Å². The summed E-state index contributed by atoms with van der Waals surface area (Å²) in [4.78, 5) is 23.6. The SMILES string of the molecule is CC(C)(C)C(=O)NCCCC(=O)NC(CO)c1ccc(Cl)cc1. The smallest absolute Gasteiger partial charge is 0.225 e. The Kier molecular flexibility index (Phi) is 7.52. The number of carbonyl (C=O) groups is 2. The summed E-state index contributed by atoms with van der Waals surface area (Å²) in [6.45, 7) is 5.79. The summed E-state index contributed by atoms with van der Waals surface area (Å²) in [6.07, 6.45) is 0.834. The largest absolute Gasteiger partial charge is 0.394 e. The first-order valence-corrected chi connectivity index (χ1v) is 8.06. The number of rotatable bonds is 7. The van der Waals surface area contributed by atoms with Gasteiger partial charge in [0.25, 0.3) is 0 Å². The molecular weight excluding hydrogens is 316 g/mol. The second-order valence-electron chi connectivity index (χ2n) is 6.46. The van der Waals surface area contributed by atoms with Crippen molar-refractivity contribution in [3.8, 4) is 0 Å². The van der Waals surface area contributed by atoms with Gasteiger partial charge in [-0.3, -0.25) is 9.59 Å². The highest BCUT2D eigenvalue weighted by atomic mass is 35.5. The molecule has 23 heavy (non-hydrogen) atoms. The molecule has 0 spiro atoms. The molecule has 0 radical (unpaired) electrons. The molecule has 0 aliphatic heterocycles. The van der Waals surface area contributed by atoms with Crippen LogP contribution in [0.25, 0.3) is 0 Å². The van der Waals surface area contributed by atoms with Crippen molar-refractivity contribution in [3.63, 3.8) is 0 Å². The highest BCUT2D eigenvalue weighted by molar-refractivity contribution is 6.30. The van der Waals surface area contributed by atoms with E-state index in [1.807, 2.05) is 20.8 Å². The van der Waals surface area contributed by atoms with Crippen molar-refractivity contribution in [2.75, 3.05) is 13.2 Å². The van der Waals surface area contributed by atoms with Crippen LogP contribution in [0.3, 0.4) is 0 Å². The van der Waals surface area contributed by atoms with E-state index in [0.29, 0.717) is 18.0 Å². The summed E-state index contributed by atoms with van der Waals surface area (Å²) < 4.78 is 0. The van der Waals surface area contributed by atoms with Gasteiger partial charge in [-0.2, -0.15) is 0 Å². The van der Waals surface area contributed by atoms with Gasteiger partial charge in [-0.25, -0.2) is 0 Å². The van der Waals surface area contributed by atoms with E-state index in [-0.39, 0.29) is 24.8 Å². The Morgan fingerprint density at radius 3 is 2.35 bits per heavy atom. The molecule has 0 aromatic heterocycles. The van der Waals surface area contributed by atoms with E-state index >= 15 is 0 Å². The lowest BCUT2D eigenvalue weighted by Gasteiger charge is -2.18. The minimum Gasteiger partial charge on any atom is -0.394 e. The van der Waals surface area contributed by atoms with Gasteiger partial charge in [0, 0.05) is 23.4 Å². The summed E-state index contributed by atoms with van der Waals surface area (Å²) in [5.41, 5.74) is 0.366. The van der Waals surface area contributed by atoms with Crippen LogP contribution in [-0.4, -0.2) is 30.1 Å². The Hall–Kier alpha value is -1.59. The van der Waals surface area contributed by atoms with E-state index in [4.69, 9.17) is 11.6 Å². The van der Waals surface area contributed by atoms with Crippen LogP contribution in [0.5, 0.6) is 0 Å². The number of nitrogens with one attached hydrogen (secondary N) is 2. The topological polar surface area (TPSA) is 78.4 Å². The number of aliphatic hydroxyl groups is 1. The molecule has 0 saturated carbocycles. The second kappa shape index (κ2) is 8.89. The Morgan fingerprint density at radius 2 is 1.83 bits per heavy atom. The summed E-state index contributed by atoms with van der Waals surface area (Å²) >= 11 is 5.82. The van der Waals surface area contributed by atoms with Crippen molar-refractivity contribution in [2.24, 2.45) is 5.41 Å². The summed E-state index contributed by atoms with van der Waals surface area (Å²) in [7, 11) is 0. The molecule has 1 rings (SSSR count). The van der Waals surface area contributed by atoms with Crippen molar-refractivity contribution in [1.29, 1.82) is 0 Å². The Balaban J connectivity index is 2.37. The molecule has 0 aliphatic carbocycles. The molecule has 1 unspecified atom stereocenters. The lowest BCUT2D eigenvalue weighted by molar-refractivity contribution is -0.128. The van der Waals surface area contributed by atoms with Crippen molar-refractivity contribution >= 4 is 23.4 Å². The van der Waals surface area contributed by atoms with Crippen LogP contribution in [-0.2, 0) is 9.59 Å². The molecule has 128 valence electrons. The maximum absolute atomic E-state index is 11.9. The number of carbonyl (C=O) groups excluding carboxylic acids is 2. The fraction of sp³-hybridized carbons (Fsp3) is 0.529. The summed E-state index contributed by atoms with van der Waals surface area (Å²) in [5.74, 6) is -0.198. The van der Waals surface area contributed by atoms with Crippen molar-refractivity contribution in [1.82, 2.24) is 10.6 Å². The minimum atomic E-state index is -0.455. The number of hydrogen-bond donors (Lipinski definition) is 3. The van der Waals surface area contributed by atoms with Gasteiger partial charge in [-0.05, 0) is 24.1 Å². The number of benzene rings is 1. The van der Waals surface area contributed by atoms with Crippen LogP contribution in [0.15, 0.2) is 24.3 Å². The molecule has 0 heterocycles. The standard InChI is InChI=1S/C17H25ClN2O3/c1-17(2,3)16(23)19-10-4-5-15(22)20-14(11-21)12-6-8-13(18)9-7-12/h6-9,14,21H,4-5,10-11H2,1-3H3,(H,19,23)(H,20,22). The zero-order chi connectivity index (χ0) is 17.5. The van der Waals surface area contributed by atoms with Crippen molar-refractivity contribution in [3.05, 3.63) is 34.9 Å². The summed E-state index contributed by atoms with van der Waals surface area (Å²) in [6, 6.07) is 6.52. The molecule has 1 aromatic carbocycles. The van der Waals surface area contributed by atoms with Crippen molar-refractivity contribution in [2.45, 2.75) is 39.7 Å². The van der Waals surface area contributed by atoms with Crippen LogP contribution in [0.2, 0.25) is 5.02 Å². The first kappa shape index (κ1) is 19.5. The molecule has 0 saturated heterocycles. The molecule has 0 fully saturated rings. The van der Waals surface area contributed by atoms with Gasteiger partial charge in [0.05, 0.1) is 12.6 Å². The highest BCUT2D eigenvalue weighted by Gasteiger charge is 2.20. The first-order valence-electron chi connectivity index (χ1n) is 7.68. The second-order valence-corrected chi connectivity index (χ2v) is 6.90. The van der Waals surface area contributed by atoms with Crippen LogP contribution >= 0.6 is 11.6 Å². The van der Waals surface area contributed by atoms with Crippen LogP contribution < -0.4 is 10.6 Å². The van der Waals surface area contributed by atoms with Gasteiger partial charge >= 0.3 is 0 Å². The maximum atomic E-state index is 11.9. The zero-order valence-electron chi connectivity index (χ0n) is 13.9. The third kappa shape index (κ3) is 7.01. The van der Waals surface area contributed by atoms with Gasteiger partial charge in [0.1, 0.15) is 0 Å². The molecule has 0 bridgehead atoms. The average molecular weight is 341 g/mol. The lowest BCUT2D eigenvalue weighted by Crippen LogP contribution is -2.36. The van der Waals surface area contributed by atoms with Gasteiger partial charge in [0.2, 0.25) is 11.8 Å². The van der Waals surface area contributed by atoms with Gasteiger partial charge in [-0.1, -0.05) is 44.5 Å². The Morgan fingerprint density at radius 1 is 1.22 bits per heavy atom. The maximum Gasteiger partial charge on any atom is 0.225 e. The highest BCUT2D eigenvalue weighted by Crippen LogP contribution is 2.16. The quantitative estimate of drug-likeness (QED) is 0.667.